The van der Waals surface area contributed by atoms with Gasteiger partial charge in [0.15, 0.2) is 6.29 Å². The molecule has 1 atom stereocenters. The van der Waals surface area contributed by atoms with Gasteiger partial charge < -0.3 is 15.0 Å². The van der Waals surface area contributed by atoms with Crippen LogP contribution in [0.2, 0.25) is 0 Å². The van der Waals surface area contributed by atoms with E-state index in [4.69, 9.17) is 9.57 Å². The summed E-state index contributed by atoms with van der Waals surface area (Å²) >= 11 is 0. The van der Waals surface area contributed by atoms with Crippen molar-refractivity contribution in [2.24, 2.45) is 0 Å². The Morgan fingerprint density at radius 1 is 1.08 bits per heavy atom. The Kier molecular flexibility index (Phi) is 8.04. The highest BCUT2D eigenvalue weighted by atomic mass is 32.2. The number of hydrogen-bond acceptors (Lipinski definition) is 6. The minimum atomic E-state index is -3.76. The number of rotatable bonds is 10. The van der Waals surface area contributed by atoms with Gasteiger partial charge in [-0.15, -0.1) is 0 Å². The summed E-state index contributed by atoms with van der Waals surface area (Å²) in [5.74, 6) is -0.455. The molecule has 198 valence electrons. The van der Waals surface area contributed by atoms with E-state index in [0.717, 1.165) is 34.3 Å². The minimum absolute atomic E-state index is 0.184. The van der Waals surface area contributed by atoms with E-state index in [0.29, 0.717) is 25.3 Å². The molecule has 5 rings (SSSR count). The summed E-state index contributed by atoms with van der Waals surface area (Å²) in [5, 5.41) is 4.57. The largest absolute Gasteiger partial charge is 0.361 e. The van der Waals surface area contributed by atoms with Crippen LogP contribution in [0.5, 0.6) is 0 Å². The van der Waals surface area contributed by atoms with Crippen LogP contribution in [0.1, 0.15) is 36.0 Å². The molecular weight excluding hydrogens is 504 g/mol. The summed E-state index contributed by atoms with van der Waals surface area (Å²) in [7, 11) is -3.76. The number of nitrogens with one attached hydrogen (secondary N) is 3. The highest BCUT2D eigenvalue weighted by Crippen LogP contribution is 2.18. The monoisotopic (exact) mass is 534 g/mol. The number of carbonyl (C=O) groups excluding carboxylic acids is 1. The van der Waals surface area contributed by atoms with Gasteiger partial charge in [-0.2, -0.15) is 0 Å². The first-order chi connectivity index (χ1) is 18.5. The zero-order chi connectivity index (χ0) is 26.4. The Balaban J connectivity index is 1.13. The first-order valence-electron chi connectivity index (χ1n) is 12.5. The van der Waals surface area contributed by atoms with Crippen LogP contribution in [0.25, 0.3) is 17.0 Å². The summed E-state index contributed by atoms with van der Waals surface area (Å²) in [4.78, 5) is 20.6. The Bertz CT molecular complexity index is 1520. The molecule has 0 bridgehead atoms. The van der Waals surface area contributed by atoms with Gasteiger partial charge in [-0.05, 0) is 77.4 Å². The summed E-state index contributed by atoms with van der Waals surface area (Å²) in [5.41, 5.74) is 6.17. The number of fused-ring (bicyclic) bond motifs is 1. The first kappa shape index (κ1) is 25.9. The molecule has 10 heteroatoms. The SMILES string of the molecule is O=C(/C=C/c1ccn(S(=O)(=O)c2ccc(CNCc3ccc4[nH]ccc4c3)cc2)c1)NOC1CCCCO1. The normalized spacial score (nSPS) is 16.3. The number of aromatic amines is 1. The summed E-state index contributed by atoms with van der Waals surface area (Å²) in [6.07, 6.45) is 9.92. The van der Waals surface area contributed by atoms with Crippen molar-refractivity contribution >= 4 is 32.9 Å². The van der Waals surface area contributed by atoms with E-state index in [1.807, 2.05) is 12.3 Å². The number of carbonyl (C=O) groups is 1. The standard InChI is InChI=1S/C28H30N4O5S/c33-27(31-37-28-3-1-2-16-36-28)11-7-22-13-15-32(20-22)38(34,35)25-8-4-21(5-9-25)18-29-19-23-6-10-26-24(17-23)12-14-30-26/h4-15,17,20,28-30H,1-3,16,18-19H2,(H,31,33)/b11-7+. The average Bonchev–Trinajstić information content (AvgIpc) is 3.62. The van der Waals surface area contributed by atoms with Crippen molar-refractivity contribution in [1.29, 1.82) is 0 Å². The van der Waals surface area contributed by atoms with E-state index in [1.54, 1.807) is 30.3 Å². The summed E-state index contributed by atoms with van der Waals surface area (Å²) < 4.78 is 32.7. The van der Waals surface area contributed by atoms with Gasteiger partial charge >= 0.3 is 0 Å². The van der Waals surface area contributed by atoms with Crippen molar-refractivity contribution in [1.82, 2.24) is 19.8 Å². The van der Waals surface area contributed by atoms with E-state index in [1.165, 1.54) is 35.5 Å². The minimum Gasteiger partial charge on any atom is -0.361 e. The molecule has 38 heavy (non-hydrogen) atoms. The van der Waals surface area contributed by atoms with Crippen LogP contribution in [0.3, 0.4) is 0 Å². The van der Waals surface area contributed by atoms with Gasteiger partial charge in [-0.25, -0.2) is 22.7 Å². The molecule has 9 nitrogen and oxygen atoms in total. The third-order valence-electron chi connectivity index (χ3n) is 6.32. The number of hydrogen-bond donors (Lipinski definition) is 3. The van der Waals surface area contributed by atoms with Crippen molar-refractivity contribution in [3.63, 3.8) is 0 Å². The van der Waals surface area contributed by atoms with Crippen molar-refractivity contribution < 1.29 is 22.8 Å². The Morgan fingerprint density at radius 2 is 1.89 bits per heavy atom. The number of benzene rings is 2. The lowest BCUT2D eigenvalue weighted by Crippen LogP contribution is -2.32. The second-order valence-corrected chi connectivity index (χ2v) is 11.0. The van der Waals surface area contributed by atoms with E-state index < -0.39 is 22.2 Å². The van der Waals surface area contributed by atoms with Gasteiger partial charge in [0.2, 0.25) is 0 Å². The summed E-state index contributed by atoms with van der Waals surface area (Å²) in [6, 6.07) is 16.8. The topological polar surface area (TPSA) is 114 Å². The third kappa shape index (κ3) is 6.40. The molecular formula is C28H30N4O5S. The molecule has 1 fully saturated rings. The Hall–Kier alpha value is -3.70. The zero-order valence-corrected chi connectivity index (χ0v) is 21.6. The Morgan fingerprint density at radius 3 is 2.71 bits per heavy atom. The average molecular weight is 535 g/mol. The second kappa shape index (κ2) is 11.8. The number of nitrogens with zero attached hydrogens (tertiary/aromatic N) is 1. The number of ether oxygens (including phenoxy) is 1. The van der Waals surface area contributed by atoms with E-state index in [2.05, 4.69) is 34.0 Å². The van der Waals surface area contributed by atoms with Crippen LogP contribution < -0.4 is 10.8 Å². The number of amides is 1. The van der Waals surface area contributed by atoms with Gasteiger partial charge in [0.05, 0.1) is 4.90 Å². The maximum Gasteiger partial charge on any atom is 0.267 e. The molecule has 0 aliphatic carbocycles. The fraction of sp³-hybridized carbons (Fsp3) is 0.250. The van der Waals surface area contributed by atoms with Gasteiger partial charge in [0.1, 0.15) is 0 Å². The van der Waals surface area contributed by atoms with Crippen molar-refractivity contribution in [3.8, 4) is 0 Å². The molecule has 0 saturated carbocycles. The summed E-state index contributed by atoms with van der Waals surface area (Å²) in [6.45, 7) is 1.94. The Labute approximate surface area is 221 Å². The number of hydroxylamine groups is 1. The molecule has 3 N–H and O–H groups in total. The van der Waals surface area contributed by atoms with Crippen LogP contribution in [0, 0.1) is 0 Å². The van der Waals surface area contributed by atoms with Crippen LogP contribution in [-0.2, 0) is 37.5 Å². The predicted octanol–water partition coefficient (Wildman–Crippen LogP) is 4.08. The number of aromatic nitrogens is 2. The second-order valence-electron chi connectivity index (χ2n) is 9.14. The van der Waals surface area contributed by atoms with Crippen molar-refractivity contribution in [2.75, 3.05) is 6.61 Å². The molecule has 1 unspecified atom stereocenters. The highest BCUT2D eigenvalue weighted by Gasteiger charge is 2.17. The zero-order valence-electron chi connectivity index (χ0n) is 20.8. The van der Waals surface area contributed by atoms with Crippen molar-refractivity contribution in [3.05, 3.63) is 96.0 Å². The van der Waals surface area contributed by atoms with Gasteiger partial charge in [0.25, 0.3) is 15.9 Å². The molecule has 1 amide bonds. The molecule has 0 spiro atoms. The van der Waals surface area contributed by atoms with E-state index in [9.17, 15) is 13.2 Å². The van der Waals surface area contributed by atoms with Crippen molar-refractivity contribution in [2.45, 2.75) is 43.5 Å². The smallest absolute Gasteiger partial charge is 0.267 e. The fourth-order valence-corrected chi connectivity index (χ4v) is 5.44. The fourth-order valence-electron chi connectivity index (χ4n) is 4.24. The molecule has 1 aliphatic heterocycles. The van der Waals surface area contributed by atoms with Gasteiger partial charge in [-0.1, -0.05) is 18.2 Å². The molecule has 4 aromatic rings. The van der Waals surface area contributed by atoms with Gasteiger partial charge in [-0.3, -0.25) is 4.79 Å². The highest BCUT2D eigenvalue weighted by molar-refractivity contribution is 7.90. The molecule has 3 heterocycles. The van der Waals surface area contributed by atoms with E-state index >= 15 is 0 Å². The molecule has 2 aromatic carbocycles. The lowest BCUT2D eigenvalue weighted by atomic mass is 10.1. The maximum absolute atomic E-state index is 13.1. The first-order valence-corrected chi connectivity index (χ1v) is 14.0. The molecule has 2 aromatic heterocycles. The van der Waals surface area contributed by atoms with Gasteiger partial charge in [0, 0.05) is 56.3 Å². The molecule has 1 aliphatic rings. The van der Waals surface area contributed by atoms with Crippen LogP contribution in [-0.4, -0.2) is 36.2 Å². The lowest BCUT2D eigenvalue weighted by molar-refractivity contribution is -0.198. The quantitative estimate of drug-likeness (QED) is 0.209. The third-order valence-corrected chi connectivity index (χ3v) is 7.97. The van der Waals surface area contributed by atoms with Crippen LogP contribution >= 0.6 is 0 Å². The van der Waals surface area contributed by atoms with E-state index in [-0.39, 0.29) is 4.90 Å². The van der Waals surface area contributed by atoms with Crippen LogP contribution in [0.15, 0.2) is 84.2 Å². The predicted molar refractivity (Wildman–Crippen MR) is 144 cm³/mol. The number of H-pyrrole nitrogens is 1. The molecule has 0 radical (unpaired) electrons. The van der Waals surface area contributed by atoms with Crippen LogP contribution in [0.4, 0.5) is 0 Å². The molecule has 1 saturated heterocycles. The lowest BCUT2D eigenvalue weighted by Gasteiger charge is -2.21. The maximum atomic E-state index is 13.1.